The lowest BCUT2D eigenvalue weighted by Gasteiger charge is -2.26. The molecular formula is C82H72N4O2. The summed E-state index contributed by atoms with van der Waals surface area (Å²) < 4.78 is 98.2. The first-order valence-electron chi connectivity index (χ1n) is 34.3. The monoisotopic (exact) mass is 1150 g/mol. The molecule has 4 aromatic heterocycles. The van der Waals surface area contributed by atoms with Crippen LogP contribution in [-0.2, 0) is 21.7 Å². The van der Waals surface area contributed by atoms with Gasteiger partial charge in [0.25, 0.3) is 6.33 Å². The van der Waals surface area contributed by atoms with Gasteiger partial charge in [0.1, 0.15) is 28.5 Å². The lowest BCUT2D eigenvalue weighted by molar-refractivity contribution is -0.570. The van der Waals surface area contributed by atoms with Crippen molar-refractivity contribution in [2.45, 2.75) is 105 Å². The minimum absolute atomic E-state index is 0.0439. The molecule has 6 heteroatoms. The molecule has 0 aliphatic carbocycles. The zero-order valence-electron chi connectivity index (χ0n) is 59.8. The minimum Gasteiger partial charge on any atom is -0.458 e. The smallest absolute Gasteiger partial charge is 0.269 e. The molecule has 0 atom stereocenters. The Kier molecular flexibility index (Phi) is 10.5. The number of furan rings is 1. The van der Waals surface area contributed by atoms with Crippen LogP contribution in [0.4, 0.5) is 0 Å². The highest BCUT2D eigenvalue weighted by molar-refractivity contribution is 6.10. The van der Waals surface area contributed by atoms with Gasteiger partial charge in [0, 0.05) is 33.8 Å². The number of nitrogens with zero attached hydrogens (tertiary/aromatic N) is 4. The third-order valence-electron chi connectivity index (χ3n) is 17.6. The van der Waals surface area contributed by atoms with Crippen molar-refractivity contribution in [2.24, 2.45) is 0 Å². The van der Waals surface area contributed by atoms with Crippen molar-refractivity contribution >= 4 is 54.8 Å². The van der Waals surface area contributed by atoms with Gasteiger partial charge >= 0.3 is 0 Å². The Balaban J connectivity index is 1.08. The van der Waals surface area contributed by atoms with E-state index in [1.165, 1.54) is 0 Å². The number of pyridine rings is 1. The molecule has 0 saturated heterocycles. The van der Waals surface area contributed by atoms with Gasteiger partial charge in [0.05, 0.1) is 44.4 Å². The van der Waals surface area contributed by atoms with E-state index in [9.17, 15) is 11.0 Å². The van der Waals surface area contributed by atoms with E-state index in [2.05, 4.69) is 173 Å². The molecule has 6 nitrogen and oxygen atoms in total. The van der Waals surface area contributed by atoms with E-state index in [1.54, 1.807) is 0 Å². The van der Waals surface area contributed by atoms with Crippen molar-refractivity contribution in [2.75, 3.05) is 0 Å². The van der Waals surface area contributed by atoms with Crippen LogP contribution >= 0.6 is 0 Å². The highest BCUT2D eigenvalue weighted by Gasteiger charge is 2.31. The first-order chi connectivity index (χ1) is 45.4. The number of fused-ring (bicyclic) bond motifs is 13. The molecule has 432 valence electrons. The second-order valence-corrected chi connectivity index (χ2v) is 27.7. The lowest BCUT2D eigenvalue weighted by atomic mass is 9.78. The average molecular weight is 1150 g/mol. The van der Waals surface area contributed by atoms with Crippen LogP contribution in [0.1, 0.15) is 116 Å². The van der Waals surface area contributed by atoms with E-state index in [0.29, 0.717) is 56.2 Å². The first kappa shape index (κ1) is 46.4. The van der Waals surface area contributed by atoms with E-state index in [-0.39, 0.29) is 50.6 Å². The first-order valence-corrected chi connectivity index (χ1v) is 30.3. The quantitative estimate of drug-likeness (QED) is 0.123. The fourth-order valence-corrected chi connectivity index (χ4v) is 12.7. The van der Waals surface area contributed by atoms with Crippen LogP contribution in [0.25, 0.3) is 128 Å². The Bertz CT molecular complexity index is 5640. The van der Waals surface area contributed by atoms with E-state index in [1.807, 2.05) is 100 Å². The van der Waals surface area contributed by atoms with Crippen LogP contribution in [0.15, 0.2) is 223 Å². The molecule has 0 saturated carbocycles. The molecule has 0 N–H and O–H groups in total. The molecule has 14 aromatic rings. The lowest BCUT2D eigenvalue weighted by Crippen LogP contribution is -2.32. The van der Waals surface area contributed by atoms with Crippen molar-refractivity contribution in [3.63, 3.8) is 0 Å². The molecule has 5 heterocycles. The summed E-state index contributed by atoms with van der Waals surface area (Å²) in [6, 6.07) is 51.8. The maximum Gasteiger partial charge on any atom is 0.269 e. The number of para-hydroxylation sites is 2. The van der Waals surface area contributed by atoms with Gasteiger partial charge in [0.2, 0.25) is 0 Å². The largest absolute Gasteiger partial charge is 0.458 e. The number of aromatic nitrogens is 4. The Hall–Kier alpha value is -9.78. The second-order valence-electron chi connectivity index (χ2n) is 27.7. The Morgan fingerprint density at radius 3 is 1.73 bits per heavy atom. The number of ether oxygens (including phenoxy) is 1. The van der Waals surface area contributed by atoms with Crippen LogP contribution < -0.4 is 9.30 Å². The van der Waals surface area contributed by atoms with Crippen molar-refractivity contribution in [3.05, 3.63) is 247 Å². The van der Waals surface area contributed by atoms with Crippen molar-refractivity contribution < 1.29 is 24.7 Å². The van der Waals surface area contributed by atoms with E-state index < -0.39 is 41.7 Å². The summed E-state index contributed by atoms with van der Waals surface area (Å²) in [5, 5.41) is 3.92. The minimum atomic E-state index is -0.549. The third-order valence-corrected chi connectivity index (χ3v) is 17.6. The number of hydrogen-bond acceptors (Lipinski definition) is 3. The summed E-state index contributed by atoms with van der Waals surface area (Å²) in [4.78, 5) is 4.94. The average Bonchev–Trinajstić information content (AvgIpc) is 1.42. The molecule has 88 heavy (non-hydrogen) atoms. The van der Waals surface area contributed by atoms with Gasteiger partial charge in [-0.1, -0.05) is 216 Å². The van der Waals surface area contributed by atoms with Crippen LogP contribution in [0.3, 0.4) is 0 Å². The second kappa shape index (κ2) is 19.9. The Morgan fingerprint density at radius 1 is 0.432 bits per heavy atom. The Morgan fingerprint density at radius 2 is 1.02 bits per heavy atom. The predicted octanol–water partition coefficient (Wildman–Crippen LogP) is 21.7. The third kappa shape index (κ3) is 9.22. The molecule has 0 fully saturated rings. The standard InChI is InChI=1S/C82H72N4O2/c1-79(2,3)53-36-37-83-76(46-53)86-71-30-19-17-28-64(71)65-34-33-59(48-72(65)86)87-58-23-21-22-57(47-58)84-49-85-77-67(50-32-35-75-68(40-50)66-29-18-20-31-74(66)88-75)44-56(82(10,11)12)45-70(77)63-27-16-14-25-61(63)60-24-13-15-26-62(60)69-41-52(42-73(84)78(69)85)51-38-54(80(4,5)6)43-55(39-51)81(7,8)9/h13-48H,1-12H3/i13D,14D,15D,16D,24D,25D,26D,27D. The summed E-state index contributed by atoms with van der Waals surface area (Å²) in [5.41, 5.74) is 12.5. The molecule has 1 aliphatic rings. The molecule has 1 aliphatic heterocycles. The van der Waals surface area contributed by atoms with Crippen LogP contribution in [0.2, 0.25) is 0 Å². The van der Waals surface area contributed by atoms with E-state index in [4.69, 9.17) is 14.1 Å². The number of rotatable bonds is 6. The highest BCUT2D eigenvalue weighted by atomic mass is 16.5. The molecule has 0 spiro atoms. The van der Waals surface area contributed by atoms with Gasteiger partial charge in [-0.3, -0.25) is 13.7 Å². The fourth-order valence-electron chi connectivity index (χ4n) is 12.7. The maximum absolute atomic E-state index is 10.2. The molecular weight excluding hydrogens is 1070 g/mol. The number of benzene rings is 10. The van der Waals surface area contributed by atoms with Gasteiger partial charge in [-0.05, 0) is 172 Å². The zero-order chi connectivity index (χ0) is 67.7. The van der Waals surface area contributed by atoms with Crippen molar-refractivity contribution in [1.82, 2.24) is 14.1 Å². The molecule has 0 radical (unpaired) electrons. The number of hydrogen-bond donors (Lipinski definition) is 0. The molecule has 10 aromatic carbocycles. The van der Waals surface area contributed by atoms with Gasteiger partial charge < -0.3 is 9.15 Å². The molecule has 15 rings (SSSR count). The fraction of sp³-hybridized carbons (Fsp3) is 0.195. The Labute approximate surface area is 527 Å². The molecule has 0 amide bonds. The maximum atomic E-state index is 10.2. The van der Waals surface area contributed by atoms with Gasteiger partial charge in [-0.25, -0.2) is 4.98 Å². The van der Waals surface area contributed by atoms with Crippen molar-refractivity contribution in [3.8, 4) is 84.3 Å². The van der Waals surface area contributed by atoms with Crippen LogP contribution in [0, 0.1) is 6.33 Å². The topological polar surface area (TPSA) is 49.0 Å². The van der Waals surface area contributed by atoms with Crippen LogP contribution in [0.5, 0.6) is 11.5 Å². The summed E-state index contributed by atoms with van der Waals surface area (Å²) >= 11 is 0. The summed E-state index contributed by atoms with van der Waals surface area (Å²) in [7, 11) is 0. The normalized spacial score (nSPS) is 14.0. The number of imidazole rings is 1. The van der Waals surface area contributed by atoms with Crippen molar-refractivity contribution in [1.29, 1.82) is 0 Å². The molecule has 0 unspecified atom stereocenters. The van der Waals surface area contributed by atoms with E-state index in [0.717, 1.165) is 82.9 Å². The van der Waals surface area contributed by atoms with Gasteiger partial charge in [-0.15, -0.1) is 0 Å². The van der Waals surface area contributed by atoms with Gasteiger partial charge in [-0.2, -0.15) is 0 Å². The van der Waals surface area contributed by atoms with Crippen LogP contribution in [-0.4, -0.2) is 14.1 Å². The highest BCUT2D eigenvalue weighted by Crippen LogP contribution is 2.49. The summed E-state index contributed by atoms with van der Waals surface area (Å²) in [5.74, 6) is 1.92. The summed E-state index contributed by atoms with van der Waals surface area (Å²) in [6.07, 6.45) is 5.77. The SMILES string of the molecule is [2H]c1c([2H])c([2H])c2c(c1[2H])-c1cc(C(C)(C)C)cc(-c3ccc4oc5ccccc5c4c3)c1-[n+]1[c-]n(-c3cccc(Oc4ccc5c6ccccc6n(-c6cc(C(C)(C)C)ccn6)c5c4)c3)c3cc(-c4cc(C(C)(C)C)cc(C(C)(C)C)c4)cc(c31)-c1c([2H])c([2H])c([2H])c([2H])c1-2. The van der Waals surface area contributed by atoms with Gasteiger partial charge in [0.15, 0.2) is 0 Å². The molecule has 0 bridgehead atoms. The summed E-state index contributed by atoms with van der Waals surface area (Å²) in [6.45, 7) is 26.1. The predicted molar refractivity (Wildman–Crippen MR) is 365 cm³/mol. The zero-order valence-corrected chi connectivity index (χ0v) is 51.8. The van der Waals surface area contributed by atoms with E-state index >= 15 is 0 Å².